The maximum Gasteiger partial charge on any atom is 0.243 e. The van der Waals surface area contributed by atoms with Crippen molar-refractivity contribution in [3.05, 3.63) is 29.8 Å². The van der Waals surface area contributed by atoms with Gasteiger partial charge < -0.3 is 5.32 Å². The molecule has 1 N–H and O–H groups in total. The molecule has 2 atom stereocenters. The monoisotopic (exact) mass is 308 g/mol. The number of aryl methyl sites for hydroxylation is 1. The first kappa shape index (κ1) is 15.0. The summed E-state index contributed by atoms with van der Waals surface area (Å²) in [4.78, 5) is 0.446. The van der Waals surface area contributed by atoms with Crippen LogP contribution in [-0.2, 0) is 16.4 Å². The van der Waals surface area contributed by atoms with E-state index in [1.54, 1.807) is 16.4 Å². The van der Waals surface area contributed by atoms with Gasteiger partial charge in [0, 0.05) is 18.6 Å². The maximum atomic E-state index is 13.0. The first-order valence-electron chi connectivity index (χ1n) is 7.96. The zero-order chi connectivity index (χ0) is 14.9. The van der Waals surface area contributed by atoms with E-state index < -0.39 is 10.0 Å². The Balaban J connectivity index is 1.89. The number of nitrogens with one attached hydrogen (secondary N) is 1. The minimum Gasteiger partial charge on any atom is -0.315 e. The van der Waals surface area contributed by atoms with Gasteiger partial charge in [-0.1, -0.05) is 25.5 Å². The molecule has 116 valence electrons. The van der Waals surface area contributed by atoms with Crippen LogP contribution in [0.4, 0.5) is 0 Å². The first-order chi connectivity index (χ1) is 10.1. The molecule has 2 unspecified atom stereocenters. The Morgan fingerprint density at radius 2 is 1.86 bits per heavy atom. The number of nitrogens with zero attached hydrogens (tertiary/aromatic N) is 1. The van der Waals surface area contributed by atoms with Gasteiger partial charge in [0.25, 0.3) is 0 Å². The van der Waals surface area contributed by atoms with Crippen molar-refractivity contribution in [3.63, 3.8) is 0 Å². The highest BCUT2D eigenvalue weighted by atomic mass is 32.2. The normalized spacial score (nSPS) is 26.7. The maximum absolute atomic E-state index is 13.0. The van der Waals surface area contributed by atoms with Gasteiger partial charge in [-0.2, -0.15) is 4.31 Å². The van der Waals surface area contributed by atoms with E-state index in [4.69, 9.17) is 0 Å². The third-order valence-corrected chi connectivity index (χ3v) is 6.64. The lowest BCUT2D eigenvalue weighted by atomic mass is 10.1. The van der Waals surface area contributed by atoms with E-state index in [1.807, 2.05) is 12.1 Å². The molecular weight excluding hydrogens is 284 g/mol. The second-order valence-electron chi connectivity index (χ2n) is 6.11. The lowest BCUT2D eigenvalue weighted by molar-refractivity contribution is 0.334. The minimum atomic E-state index is -3.36. The predicted octanol–water partition coefficient (Wildman–Crippen LogP) is 2.15. The Labute approximate surface area is 127 Å². The smallest absolute Gasteiger partial charge is 0.243 e. The van der Waals surface area contributed by atoms with Crippen LogP contribution in [0.2, 0.25) is 0 Å². The number of hydrogen-bond acceptors (Lipinski definition) is 3. The highest BCUT2D eigenvalue weighted by Crippen LogP contribution is 2.33. The molecule has 1 aromatic rings. The van der Waals surface area contributed by atoms with Crippen LogP contribution < -0.4 is 5.32 Å². The van der Waals surface area contributed by atoms with Gasteiger partial charge in [0.05, 0.1) is 4.90 Å². The molecule has 1 aromatic carbocycles. The molecule has 0 radical (unpaired) electrons. The summed E-state index contributed by atoms with van der Waals surface area (Å²) in [6, 6.07) is 7.75. The van der Waals surface area contributed by atoms with E-state index in [9.17, 15) is 8.42 Å². The minimum absolute atomic E-state index is 0.123. The Hall–Kier alpha value is -0.910. The van der Waals surface area contributed by atoms with Gasteiger partial charge in [0.2, 0.25) is 10.0 Å². The highest BCUT2D eigenvalue weighted by molar-refractivity contribution is 7.89. The van der Waals surface area contributed by atoms with Crippen molar-refractivity contribution in [2.75, 3.05) is 13.1 Å². The molecule has 4 nitrogen and oxygen atoms in total. The molecule has 0 saturated carbocycles. The standard InChI is InChI=1S/C16H24N2O2S/c1-2-3-13-4-8-16(9-5-13)21(19,20)18-14-6-7-15(18)12-17-11-10-14/h4-5,8-9,14-15,17H,2-3,6-7,10-12H2,1H3. The summed E-state index contributed by atoms with van der Waals surface area (Å²) in [7, 11) is -3.36. The molecule has 2 aliphatic rings. The summed E-state index contributed by atoms with van der Waals surface area (Å²) in [5.74, 6) is 0. The Morgan fingerprint density at radius 3 is 2.57 bits per heavy atom. The van der Waals surface area contributed by atoms with Crippen LogP contribution in [0.15, 0.2) is 29.2 Å². The molecule has 2 aliphatic heterocycles. The molecule has 0 spiro atoms. The fourth-order valence-corrected chi connectivity index (χ4v) is 5.47. The van der Waals surface area contributed by atoms with E-state index in [2.05, 4.69) is 12.2 Å². The summed E-state index contributed by atoms with van der Waals surface area (Å²) in [6.07, 6.45) is 4.97. The topological polar surface area (TPSA) is 49.4 Å². The van der Waals surface area contributed by atoms with Gasteiger partial charge in [0.15, 0.2) is 0 Å². The number of sulfonamides is 1. The quantitative estimate of drug-likeness (QED) is 0.927. The van der Waals surface area contributed by atoms with Crippen LogP contribution in [0.5, 0.6) is 0 Å². The molecule has 0 amide bonds. The van der Waals surface area contributed by atoms with Crippen molar-refractivity contribution in [2.45, 2.75) is 56.0 Å². The number of hydrogen-bond donors (Lipinski definition) is 1. The molecule has 0 aliphatic carbocycles. The Kier molecular flexibility index (Phi) is 4.33. The van der Waals surface area contributed by atoms with Gasteiger partial charge in [-0.3, -0.25) is 0 Å². The van der Waals surface area contributed by atoms with Crippen LogP contribution >= 0.6 is 0 Å². The van der Waals surface area contributed by atoms with Gasteiger partial charge in [-0.25, -0.2) is 8.42 Å². The van der Waals surface area contributed by atoms with E-state index >= 15 is 0 Å². The van der Waals surface area contributed by atoms with Gasteiger partial charge >= 0.3 is 0 Å². The van der Waals surface area contributed by atoms with Crippen molar-refractivity contribution in [1.82, 2.24) is 9.62 Å². The second-order valence-corrected chi connectivity index (χ2v) is 7.95. The summed E-state index contributed by atoms with van der Waals surface area (Å²) in [5.41, 5.74) is 1.21. The van der Waals surface area contributed by atoms with E-state index in [-0.39, 0.29) is 12.1 Å². The van der Waals surface area contributed by atoms with Crippen molar-refractivity contribution in [2.24, 2.45) is 0 Å². The SMILES string of the molecule is CCCc1ccc(S(=O)(=O)N2C3CCNCC2CC3)cc1. The lowest BCUT2D eigenvalue weighted by Gasteiger charge is -2.27. The number of fused-ring (bicyclic) bond motifs is 2. The molecule has 2 fully saturated rings. The first-order valence-corrected chi connectivity index (χ1v) is 9.40. The summed E-state index contributed by atoms with van der Waals surface area (Å²) >= 11 is 0. The predicted molar refractivity (Wildman–Crippen MR) is 83.8 cm³/mol. The molecular formula is C16H24N2O2S. The lowest BCUT2D eigenvalue weighted by Crippen LogP contribution is -2.42. The van der Waals surface area contributed by atoms with Crippen LogP contribution in [0, 0.1) is 0 Å². The molecule has 2 heterocycles. The zero-order valence-corrected chi connectivity index (χ0v) is 13.4. The van der Waals surface area contributed by atoms with Gasteiger partial charge in [-0.15, -0.1) is 0 Å². The Bertz CT molecular complexity index is 569. The molecule has 21 heavy (non-hydrogen) atoms. The van der Waals surface area contributed by atoms with E-state index in [1.165, 1.54) is 5.56 Å². The van der Waals surface area contributed by atoms with Crippen molar-refractivity contribution in [3.8, 4) is 0 Å². The number of rotatable bonds is 4. The fourth-order valence-electron chi connectivity index (χ4n) is 3.57. The molecule has 0 aromatic heterocycles. The third kappa shape index (κ3) is 2.87. The van der Waals surface area contributed by atoms with Crippen LogP contribution in [0.25, 0.3) is 0 Å². The van der Waals surface area contributed by atoms with Crippen molar-refractivity contribution in [1.29, 1.82) is 0 Å². The zero-order valence-electron chi connectivity index (χ0n) is 12.6. The van der Waals surface area contributed by atoms with Gasteiger partial charge in [0.1, 0.15) is 0 Å². The van der Waals surface area contributed by atoms with Crippen molar-refractivity contribution >= 4 is 10.0 Å². The number of benzene rings is 1. The van der Waals surface area contributed by atoms with Gasteiger partial charge in [-0.05, 0) is 49.9 Å². The van der Waals surface area contributed by atoms with E-state index in [0.29, 0.717) is 4.90 Å². The van der Waals surface area contributed by atoms with Crippen LogP contribution in [0.3, 0.4) is 0 Å². The average Bonchev–Trinajstić information content (AvgIpc) is 2.74. The Morgan fingerprint density at radius 1 is 1.14 bits per heavy atom. The molecule has 2 bridgehead atoms. The van der Waals surface area contributed by atoms with Crippen LogP contribution in [-0.4, -0.2) is 37.9 Å². The molecule has 5 heteroatoms. The molecule has 2 saturated heterocycles. The summed E-state index contributed by atoms with van der Waals surface area (Å²) in [5, 5.41) is 3.35. The van der Waals surface area contributed by atoms with Crippen molar-refractivity contribution < 1.29 is 8.42 Å². The van der Waals surface area contributed by atoms with E-state index in [0.717, 1.165) is 45.2 Å². The summed E-state index contributed by atoms with van der Waals surface area (Å²) in [6.45, 7) is 3.83. The largest absolute Gasteiger partial charge is 0.315 e. The second kappa shape index (κ2) is 6.07. The summed E-state index contributed by atoms with van der Waals surface area (Å²) < 4.78 is 27.7. The highest BCUT2D eigenvalue weighted by Gasteiger charge is 2.42. The molecule has 3 rings (SSSR count). The van der Waals surface area contributed by atoms with Crippen LogP contribution in [0.1, 0.15) is 38.2 Å². The third-order valence-electron chi connectivity index (χ3n) is 4.62. The fraction of sp³-hybridized carbons (Fsp3) is 0.625. The average molecular weight is 308 g/mol.